The molecule has 1 aromatic heterocycles. The third kappa shape index (κ3) is 4.06. The number of amides is 1. The van der Waals surface area contributed by atoms with Gasteiger partial charge in [-0.3, -0.25) is 9.59 Å². The highest BCUT2D eigenvalue weighted by atomic mass is 79.9. The van der Waals surface area contributed by atoms with Crippen molar-refractivity contribution in [1.82, 2.24) is 0 Å². The molecular weight excluding hydrogens is 498 g/mol. The zero-order valence-electron chi connectivity index (χ0n) is 17.6. The van der Waals surface area contributed by atoms with Crippen molar-refractivity contribution in [3.8, 4) is 11.1 Å². The van der Waals surface area contributed by atoms with Gasteiger partial charge in [0.15, 0.2) is 11.4 Å². The number of rotatable bonds is 6. The minimum atomic E-state index is -1.91. The molecular formula is C27H20BrNO3S. The Morgan fingerprint density at radius 1 is 0.939 bits per heavy atom. The van der Waals surface area contributed by atoms with Crippen LogP contribution in [0.2, 0.25) is 0 Å². The lowest BCUT2D eigenvalue weighted by Gasteiger charge is -2.22. The summed E-state index contributed by atoms with van der Waals surface area (Å²) in [6.07, 6.45) is -0.319. The number of fused-ring (bicyclic) bond motifs is 1. The number of Topliss-reactive ketones (excluding diaryl/α,β-unsaturated/α-hetero) is 1. The molecule has 0 saturated carbocycles. The Kier molecular flexibility index (Phi) is 5.74. The van der Waals surface area contributed by atoms with Gasteiger partial charge in [0.2, 0.25) is 0 Å². The Morgan fingerprint density at radius 3 is 2.36 bits per heavy atom. The van der Waals surface area contributed by atoms with Gasteiger partial charge < -0.3 is 10.0 Å². The number of aliphatic hydroxyl groups is 1. The van der Waals surface area contributed by atoms with E-state index in [0.717, 1.165) is 20.5 Å². The number of halogens is 1. The molecule has 0 aliphatic carbocycles. The van der Waals surface area contributed by atoms with Crippen LogP contribution in [0.5, 0.6) is 0 Å². The van der Waals surface area contributed by atoms with Gasteiger partial charge in [0, 0.05) is 20.5 Å². The minimum absolute atomic E-state index is 0.283. The number of nitrogens with zero attached hydrogens (tertiary/aromatic N) is 1. The Bertz CT molecular complexity index is 1320. The number of hydrogen-bond acceptors (Lipinski definition) is 4. The molecule has 5 rings (SSSR count). The highest BCUT2D eigenvalue weighted by Crippen LogP contribution is 2.45. The second kappa shape index (κ2) is 8.71. The first-order valence-corrected chi connectivity index (χ1v) is 12.2. The smallest absolute Gasteiger partial charge is 0.264 e. The van der Waals surface area contributed by atoms with Gasteiger partial charge in [-0.1, -0.05) is 76.6 Å². The van der Waals surface area contributed by atoms with Gasteiger partial charge in [0.1, 0.15) is 0 Å². The first kappa shape index (κ1) is 21.8. The molecule has 1 N–H and O–H groups in total. The standard InChI is InChI=1S/C27H20BrNO3S/c28-21-12-13-24-23(15-21)27(32,26(31)29(24)17-22-7-4-14-33-22)16-25(30)20-10-8-19(9-11-20)18-5-2-1-3-6-18/h1-15,32H,16-17H2. The summed E-state index contributed by atoms with van der Waals surface area (Å²) in [5, 5.41) is 13.5. The predicted octanol–water partition coefficient (Wildman–Crippen LogP) is 6.19. The molecule has 1 aliphatic heterocycles. The van der Waals surface area contributed by atoms with Crippen molar-refractivity contribution in [1.29, 1.82) is 0 Å². The van der Waals surface area contributed by atoms with E-state index in [0.29, 0.717) is 23.4 Å². The summed E-state index contributed by atoms with van der Waals surface area (Å²) in [5.41, 5.74) is 1.69. The zero-order chi connectivity index (χ0) is 23.0. The van der Waals surface area contributed by atoms with E-state index >= 15 is 0 Å². The van der Waals surface area contributed by atoms with Gasteiger partial charge in [-0.05, 0) is 40.8 Å². The minimum Gasteiger partial charge on any atom is -0.375 e. The fraction of sp³-hybridized carbons (Fsp3) is 0.111. The summed E-state index contributed by atoms with van der Waals surface area (Å²) in [5.74, 6) is -0.757. The van der Waals surface area contributed by atoms with Gasteiger partial charge in [-0.25, -0.2) is 0 Å². The van der Waals surface area contributed by atoms with Crippen LogP contribution in [-0.4, -0.2) is 16.8 Å². The van der Waals surface area contributed by atoms with Gasteiger partial charge in [-0.2, -0.15) is 0 Å². The van der Waals surface area contributed by atoms with Crippen LogP contribution in [0.1, 0.15) is 27.2 Å². The van der Waals surface area contributed by atoms with Crippen molar-refractivity contribution in [3.63, 3.8) is 0 Å². The maximum Gasteiger partial charge on any atom is 0.264 e. The van der Waals surface area contributed by atoms with E-state index in [1.54, 1.807) is 34.4 Å². The van der Waals surface area contributed by atoms with Crippen LogP contribution in [0.15, 0.2) is 94.8 Å². The summed E-state index contributed by atoms with van der Waals surface area (Å²) in [7, 11) is 0. The van der Waals surface area contributed by atoms with Gasteiger partial charge in [0.05, 0.1) is 18.7 Å². The van der Waals surface area contributed by atoms with E-state index < -0.39 is 11.5 Å². The molecule has 0 radical (unpaired) electrons. The Balaban J connectivity index is 1.44. The normalized spacial score (nSPS) is 17.3. The van der Waals surface area contributed by atoms with Crippen molar-refractivity contribution in [2.24, 2.45) is 0 Å². The maximum atomic E-state index is 13.4. The van der Waals surface area contributed by atoms with Gasteiger partial charge >= 0.3 is 0 Å². The molecule has 0 spiro atoms. The van der Waals surface area contributed by atoms with Crippen LogP contribution in [0.4, 0.5) is 5.69 Å². The number of benzene rings is 3. The molecule has 33 heavy (non-hydrogen) atoms. The molecule has 164 valence electrons. The topological polar surface area (TPSA) is 57.6 Å². The molecule has 3 aromatic carbocycles. The monoisotopic (exact) mass is 517 g/mol. The van der Waals surface area contributed by atoms with Crippen molar-refractivity contribution in [2.75, 3.05) is 4.90 Å². The molecule has 1 amide bonds. The molecule has 1 aliphatic rings. The van der Waals surface area contributed by atoms with Gasteiger partial charge in [0.25, 0.3) is 5.91 Å². The summed E-state index contributed by atoms with van der Waals surface area (Å²) in [6.45, 7) is 0.355. The summed E-state index contributed by atoms with van der Waals surface area (Å²) in [6, 6.07) is 26.4. The van der Waals surface area contributed by atoms with E-state index in [2.05, 4.69) is 15.9 Å². The number of anilines is 1. The maximum absolute atomic E-state index is 13.4. The van der Waals surface area contributed by atoms with Crippen LogP contribution in [0.25, 0.3) is 11.1 Å². The number of thiophene rings is 1. The molecule has 2 heterocycles. The largest absolute Gasteiger partial charge is 0.375 e. The first-order valence-electron chi connectivity index (χ1n) is 10.5. The Labute approximate surface area is 204 Å². The van der Waals surface area contributed by atoms with Crippen LogP contribution in [0.3, 0.4) is 0 Å². The van der Waals surface area contributed by atoms with Crippen LogP contribution < -0.4 is 4.90 Å². The molecule has 4 aromatic rings. The van der Waals surface area contributed by atoms with Crippen molar-refractivity contribution >= 4 is 44.6 Å². The molecule has 0 bridgehead atoms. The second-order valence-electron chi connectivity index (χ2n) is 8.04. The van der Waals surface area contributed by atoms with Crippen LogP contribution >= 0.6 is 27.3 Å². The van der Waals surface area contributed by atoms with E-state index in [1.807, 2.05) is 72.1 Å². The van der Waals surface area contributed by atoms with Crippen molar-refractivity contribution < 1.29 is 14.7 Å². The average molecular weight is 518 g/mol. The fourth-order valence-electron chi connectivity index (χ4n) is 4.22. The summed E-state index contributed by atoms with van der Waals surface area (Å²) in [4.78, 5) is 29.2. The molecule has 6 heteroatoms. The molecule has 4 nitrogen and oxygen atoms in total. The lowest BCUT2D eigenvalue weighted by atomic mass is 9.88. The number of hydrogen-bond donors (Lipinski definition) is 1. The summed E-state index contributed by atoms with van der Waals surface area (Å²) < 4.78 is 0.741. The first-order chi connectivity index (χ1) is 16.0. The molecule has 1 atom stereocenters. The van der Waals surface area contributed by atoms with Gasteiger partial charge in [-0.15, -0.1) is 11.3 Å². The van der Waals surface area contributed by atoms with E-state index in [1.165, 1.54) is 0 Å². The second-order valence-corrected chi connectivity index (χ2v) is 9.98. The highest BCUT2D eigenvalue weighted by Gasteiger charge is 2.51. The molecule has 1 unspecified atom stereocenters. The lowest BCUT2D eigenvalue weighted by molar-refractivity contribution is -0.136. The Hall–Kier alpha value is -3.06. The summed E-state index contributed by atoms with van der Waals surface area (Å²) >= 11 is 4.98. The van der Waals surface area contributed by atoms with Crippen LogP contribution in [0, 0.1) is 0 Å². The van der Waals surface area contributed by atoms with E-state index in [9.17, 15) is 14.7 Å². The quantitative estimate of drug-likeness (QED) is 0.310. The van der Waals surface area contributed by atoms with E-state index in [-0.39, 0.29) is 12.2 Å². The predicted molar refractivity (Wildman–Crippen MR) is 134 cm³/mol. The number of carbonyl (C=O) groups is 2. The molecule has 0 saturated heterocycles. The van der Waals surface area contributed by atoms with Crippen LogP contribution in [-0.2, 0) is 16.9 Å². The lowest BCUT2D eigenvalue weighted by Crippen LogP contribution is -2.41. The zero-order valence-corrected chi connectivity index (χ0v) is 20.0. The average Bonchev–Trinajstić information content (AvgIpc) is 3.42. The number of ketones is 1. The number of carbonyl (C=O) groups excluding carboxylic acids is 2. The molecule has 0 fully saturated rings. The Morgan fingerprint density at radius 2 is 1.67 bits per heavy atom. The van der Waals surface area contributed by atoms with Crippen molar-refractivity contribution in [2.45, 2.75) is 18.6 Å². The SMILES string of the molecule is O=C(CC1(O)C(=O)N(Cc2cccs2)c2ccc(Br)cc21)c1ccc(-c2ccccc2)cc1. The fourth-order valence-corrected chi connectivity index (χ4v) is 5.28. The van der Waals surface area contributed by atoms with Crippen molar-refractivity contribution in [3.05, 3.63) is 111 Å². The van der Waals surface area contributed by atoms with E-state index in [4.69, 9.17) is 0 Å². The third-order valence-electron chi connectivity index (χ3n) is 5.92. The highest BCUT2D eigenvalue weighted by molar-refractivity contribution is 9.10. The third-order valence-corrected chi connectivity index (χ3v) is 7.27.